The molecule has 9 heteroatoms. The molecule has 3 rings (SSSR count). The normalized spacial score (nSPS) is 15.4. The number of likely N-dealkylation sites (N-methyl/N-ethyl adjacent to an activating group) is 1. The number of aromatic nitrogens is 2. The van der Waals surface area contributed by atoms with E-state index < -0.39 is 22.6 Å². The Morgan fingerprint density at radius 3 is 2.45 bits per heavy atom. The van der Waals surface area contributed by atoms with Gasteiger partial charge >= 0.3 is 0 Å². The van der Waals surface area contributed by atoms with Crippen molar-refractivity contribution >= 4 is 11.7 Å². The Labute approximate surface area is 179 Å². The molecule has 0 radical (unpaired) electrons. The van der Waals surface area contributed by atoms with Gasteiger partial charge in [-0.3, -0.25) is 23.9 Å². The fraction of sp³-hybridized carbons (Fsp3) is 0.455. The standard InChI is InChI=1S/C22H27FN4O4/c1-22(2)21-24-18(16(28)10-7-14-5-8-15(23)9-6-14)19(30)20(31)27(21)12-11-26(22)13-17(29)25(3)4/h5-6,8-9,30H,7,10-13H2,1-4H3. The number of halogens is 1. The van der Waals surface area contributed by atoms with Crippen molar-refractivity contribution < 1.29 is 19.1 Å². The molecule has 1 aromatic heterocycles. The van der Waals surface area contributed by atoms with E-state index in [1.165, 1.54) is 21.6 Å². The number of aryl methyl sites for hydroxylation is 1. The van der Waals surface area contributed by atoms with Crippen molar-refractivity contribution in [1.29, 1.82) is 0 Å². The summed E-state index contributed by atoms with van der Waals surface area (Å²) in [6, 6.07) is 5.79. The molecule has 166 valence electrons. The van der Waals surface area contributed by atoms with Crippen molar-refractivity contribution in [3.63, 3.8) is 0 Å². The second kappa shape index (κ2) is 8.58. The highest BCUT2D eigenvalue weighted by atomic mass is 19.1. The molecule has 31 heavy (non-hydrogen) atoms. The molecule has 0 unspecified atom stereocenters. The van der Waals surface area contributed by atoms with Crippen LogP contribution in [-0.4, -0.2) is 63.3 Å². The molecule has 2 aromatic rings. The minimum Gasteiger partial charge on any atom is -0.501 e. The van der Waals surface area contributed by atoms with Crippen molar-refractivity contribution in [3.8, 4) is 5.75 Å². The van der Waals surface area contributed by atoms with Gasteiger partial charge in [-0.1, -0.05) is 12.1 Å². The first-order chi connectivity index (χ1) is 14.5. The average molecular weight is 430 g/mol. The lowest BCUT2D eigenvalue weighted by molar-refractivity contribution is -0.132. The number of fused-ring (bicyclic) bond motifs is 1. The topological polar surface area (TPSA) is 95.7 Å². The summed E-state index contributed by atoms with van der Waals surface area (Å²) in [6.07, 6.45) is 0.337. The number of Topliss-reactive ketones (excluding diaryl/α,β-unsaturated/α-hetero) is 1. The van der Waals surface area contributed by atoms with Crippen molar-refractivity contribution in [1.82, 2.24) is 19.4 Å². The van der Waals surface area contributed by atoms with Crippen LogP contribution in [0.2, 0.25) is 0 Å². The molecule has 1 aliphatic heterocycles. The predicted octanol–water partition coefficient (Wildman–Crippen LogP) is 1.54. The molecule has 1 aromatic carbocycles. The van der Waals surface area contributed by atoms with Gasteiger partial charge in [-0.05, 0) is 38.0 Å². The van der Waals surface area contributed by atoms with E-state index in [0.29, 0.717) is 18.8 Å². The summed E-state index contributed by atoms with van der Waals surface area (Å²) in [6.45, 7) is 4.49. The van der Waals surface area contributed by atoms with E-state index in [0.717, 1.165) is 5.56 Å². The highest BCUT2D eigenvalue weighted by molar-refractivity contribution is 5.96. The summed E-state index contributed by atoms with van der Waals surface area (Å²) in [7, 11) is 3.35. The third-order valence-corrected chi connectivity index (χ3v) is 5.72. The first-order valence-electron chi connectivity index (χ1n) is 10.1. The fourth-order valence-electron chi connectivity index (χ4n) is 3.66. The van der Waals surface area contributed by atoms with Gasteiger partial charge in [0.1, 0.15) is 11.6 Å². The number of carbonyl (C=O) groups is 2. The smallest absolute Gasteiger partial charge is 0.296 e. The van der Waals surface area contributed by atoms with Gasteiger partial charge < -0.3 is 10.0 Å². The number of ketones is 1. The highest BCUT2D eigenvalue weighted by Crippen LogP contribution is 2.30. The van der Waals surface area contributed by atoms with Crippen LogP contribution >= 0.6 is 0 Å². The van der Waals surface area contributed by atoms with Gasteiger partial charge in [0.05, 0.1) is 12.1 Å². The number of hydrogen-bond donors (Lipinski definition) is 1. The summed E-state index contributed by atoms with van der Waals surface area (Å²) in [5, 5.41) is 10.4. The summed E-state index contributed by atoms with van der Waals surface area (Å²) < 4.78 is 14.4. The molecule has 1 aliphatic rings. The predicted molar refractivity (Wildman–Crippen MR) is 113 cm³/mol. The van der Waals surface area contributed by atoms with Crippen LogP contribution in [0.4, 0.5) is 4.39 Å². The molecule has 2 heterocycles. The van der Waals surface area contributed by atoms with Crippen LogP contribution < -0.4 is 5.56 Å². The Hall–Kier alpha value is -3.07. The Morgan fingerprint density at radius 2 is 1.84 bits per heavy atom. The zero-order valence-electron chi connectivity index (χ0n) is 18.2. The number of nitrogens with zero attached hydrogens (tertiary/aromatic N) is 4. The molecule has 1 amide bonds. The summed E-state index contributed by atoms with van der Waals surface area (Å²) in [5.74, 6) is -1.26. The van der Waals surface area contributed by atoms with Crippen LogP contribution in [0.3, 0.4) is 0 Å². The maximum Gasteiger partial charge on any atom is 0.296 e. The van der Waals surface area contributed by atoms with E-state index in [1.54, 1.807) is 26.2 Å². The summed E-state index contributed by atoms with van der Waals surface area (Å²) in [4.78, 5) is 45.6. The van der Waals surface area contributed by atoms with Gasteiger partial charge in [0.2, 0.25) is 11.7 Å². The van der Waals surface area contributed by atoms with Crippen LogP contribution in [0.5, 0.6) is 5.75 Å². The number of amides is 1. The minimum atomic E-state index is -0.803. The van der Waals surface area contributed by atoms with Crippen molar-refractivity contribution in [3.05, 3.63) is 57.5 Å². The summed E-state index contributed by atoms with van der Waals surface area (Å²) in [5.41, 5.74) is -0.977. The van der Waals surface area contributed by atoms with Crippen molar-refractivity contribution in [2.24, 2.45) is 0 Å². The van der Waals surface area contributed by atoms with E-state index in [-0.39, 0.29) is 36.9 Å². The zero-order chi connectivity index (χ0) is 22.9. The molecule has 0 saturated carbocycles. The molecule has 0 spiro atoms. The maximum absolute atomic E-state index is 13.1. The highest BCUT2D eigenvalue weighted by Gasteiger charge is 2.39. The van der Waals surface area contributed by atoms with Crippen molar-refractivity contribution in [2.45, 2.75) is 38.8 Å². The Bertz CT molecular complexity index is 1060. The molecule has 0 fully saturated rings. The van der Waals surface area contributed by atoms with Gasteiger partial charge in [0, 0.05) is 33.6 Å². The first-order valence-corrected chi connectivity index (χ1v) is 10.1. The quantitative estimate of drug-likeness (QED) is 0.699. The Morgan fingerprint density at radius 1 is 1.19 bits per heavy atom. The van der Waals surface area contributed by atoms with Crippen LogP contribution in [0, 0.1) is 5.82 Å². The zero-order valence-corrected chi connectivity index (χ0v) is 18.2. The monoisotopic (exact) mass is 430 g/mol. The van der Waals surface area contributed by atoms with Crippen molar-refractivity contribution in [2.75, 3.05) is 27.2 Å². The third kappa shape index (κ3) is 4.51. The second-order valence-electron chi connectivity index (χ2n) is 8.41. The first kappa shape index (κ1) is 22.6. The minimum absolute atomic E-state index is 0.0122. The van der Waals surface area contributed by atoms with E-state index in [1.807, 2.05) is 18.7 Å². The molecule has 1 N–H and O–H groups in total. The van der Waals surface area contributed by atoms with E-state index in [9.17, 15) is 23.9 Å². The Kier molecular flexibility index (Phi) is 6.26. The lowest BCUT2D eigenvalue weighted by atomic mass is 9.97. The molecular formula is C22H27FN4O4. The number of carbonyl (C=O) groups excluding carboxylic acids is 2. The van der Waals surface area contributed by atoms with Gasteiger partial charge in [-0.25, -0.2) is 9.37 Å². The molecule has 0 atom stereocenters. The number of hydrogen-bond acceptors (Lipinski definition) is 6. The number of rotatable bonds is 6. The number of aromatic hydroxyl groups is 1. The largest absolute Gasteiger partial charge is 0.501 e. The SMILES string of the molecule is CN(C)C(=O)CN1CCn2c(nc(C(=O)CCc3ccc(F)cc3)c(O)c2=O)C1(C)C. The average Bonchev–Trinajstić information content (AvgIpc) is 2.71. The molecule has 0 bridgehead atoms. The van der Waals surface area contributed by atoms with Gasteiger partial charge in [-0.2, -0.15) is 0 Å². The van der Waals surface area contributed by atoms with E-state index in [4.69, 9.17) is 0 Å². The molecule has 0 saturated heterocycles. The number of benzene rings is 1. The van der Waals surface area contributed by atoms with Gasteiger partial charge in [0.25, 0.3) is 5.56 Å². The lowest BCUT2D eigenvalue weighted by Crippen LogP contribution is -2.55. The molecule has 8 nitrogen and oxygen atoms in total. The van der Waals surface area contributed by atoms with Gasteiger partial charge in [0.15, 0.2) is 11.5 Å². The van der Waals surface area contributed by atoms with Crippen LogP contribution in [0.25, 0.3) is 0 Å². The van der Waals surface area contributed by atoms with Gasteiger partial charge in [-0.15, -0.1) is 0 Å². The van der Waals surface area contributed by atoms with Crippen LogP contribution in [0.1, 0.15) is 42.1 Å². The maximum atomic E-state index is 13.1. The Balaban J connectivity index is 1.90. The molecular weight excluding hydrogens is 403 g/mol. The summed E-state index contributed by atoms with van der Waals surface area (Å²) >= 11 is 0. The van der Waals surface area contributed by atoms with Crippen LogP contribution in [0.15, 0.2) is 29.1 Å². The molecule has 0 aliphatic carbocycles. The fourth-order valence-corrected chi connectivity index (χ4v) is 3.66. The third-order valence-electron chi connectivity index (χ3n) is 5.72. The van der Waals surface area contributed by atoms with E-state index >= 15 is 0 Å². The van der Waals surface area contributed by atoms with E-state index in [2.05, 4.69) is 4.98 Å². The lowest BCUT2D eigenvalue weighted by Gasteiger charge is -2.43. The second-order valence-corrected chi connectivity index (χ2v) is 8.41. The van der Waals surface area contributed by atoms with Crippen LogP contribution in [-0.2, 0) is 23.3 Å².